The lowest BCUT2D eigenvalue weighted by molar-refractivity contribution is -0.276. The number of hydrogen-bond donors (Lipinski definition) is 1. The van der Waals surface area contributed by atoms with Crippen molar-refractivity contribution in [2.24, 2.45) is 5.73 Å². The molecule has 0 saturated heterocycles. The molecule has 1 heterocycles. The molecule has 0 aliphatic heterocycles. The SMILES string of the molecule is CCOC(=O)Cc1c(CN)cnc(OC(F)(F)F)c1I. The van der Waals surface area contributed by atoms with Crippen molar-refractivity contribution in [2.45, 2.75) is 26.3 Å². The predicted molar refractivity (Wildman–Crippen MR) is 71.9 cm³/mol. The average molecular weight is 404 g/mol. The molecule has 0 radical (unpaired) electrons. The van der Waals surface area contributed by atoms with Gasteiger partial charge in [0.1, 0.15) is 0 Å². The zero-order valence-corrected chi connectivity index (χ0v) is 12.6. The third kappa shape index (κ3) is 4.78. The highest BCUT2D eigenvalue weighted by atomic mass is 127. The molecule has 0 atom stereocenters. The van der Waals surface area contributed by atoms with E-state index in [1.54, 1.807) is 29.5 Å². The van der Waals surface area contributed by atoms with E-state index in [-0.39, 0.29) is 23.1 Å². The van der Waals surface area contributed by atoms with Crippen molar-refractivity contribution in [2.75, 3.05) is 6.61 Å². The molecule has 9 heteroatoms. The Labute approximate surface area is 126 Å². The number of carbonyl (C=O) groups excluding carboxylic acids is 1. The maximum atomic E-state index is 12.2. The van der Waals surface area contributed by atoms with Crippen LogP contribution in [0.3, 0.4) is 0 Å². The molecule has 2 N–H and O–H groups in total. The first kappa shape index (κ1) is 17.0. The third-order valence-electron chi connectivity index (χ3n) is 2.24. The topological polar surface area (TPSA) is 74.4 Å². The van der Waals surface area contributed by atoms with Crippen LogP contribution >= 0.6 is 22.6 Å². The zero-order chi connectivity index (χ0) is 15.3. The van der Waals surface area contributed by atoms with E-state index in [1.165, 1.54) is 0 Å². The van der Waals surface area contributed by atoms with Crippen LogP contribution in [0.15, 0.2) is 6.20 Å². The van der Waals surface area contributed by atoms with Gasteiger partial charge in [-0.25, -0.2) is 4.98 Å². The van der Waals surface area contributed by atoms with Gasteiger partial charge in [-0.15, -0.1) is 13.2 Å². The Hall–Kier alpha value is -1.10. The molecule has 0 aliphatic rings. The molecular weight excluding hydrogens is 392 g/mol. The van der Waals surface area contributed by atoms with Crippen LogP contribution in [-0.4, -0.2) is 23.9 Å². The fourth-order valence-corrected chi connectivity index (χ4v) is 2.23. The van der Waals surface area contributed by atoms with E-state index in [9.17, 15) is 18.0 Å². The Kier molecular flexibility index (Phi) is 5.99. The van der Waals surface area contributed by atoms with Gasteiger partial charge in [0.05, 0.1) is 16.6 Å². The molecular formula is C11H12F3IN2O3. The first-order valence-electron chi connectivity index (χ1n) is 5.56. The number of halogens is 4. The lowest BCUT2D eigenvalue weighted by Crippen LogP contribution is -2.20. The van der Waals surface area contributed by atoms with Crippen LogP contribution in [0, 0.1) is 3.57 Å². The summed E-state index contributed by atoms with van der Waals surface area (Å²) in [4.78, 5) is 15.0. The van der Waals surface area contributed by atoms with Gasteiger partial charge in [-0.1, -0.05) is 0 Å². The second-order valence-electron chi connectivity index (χ2n) is 3.61. The first-order valence-corrected chi connectivity index (χ1v) is 6.64. The highest BCUT2D eigenvalue weighted by Gasteiger charge is 2.33. The molecule has 0 fully saturated rings. The number of nitrogens with zero attached hydrogens (tertiary/aromatic N) is 1. The molecule has 20 heavy (non-hydrogen) atoms. The van der Waals surface area contributed by atoms with Crippen molar-refractivity contribution in [1.82, 2.24) is 4.98 Å². The zero-order valence-electron chi connectivity index (χ0n) is 10.5. The number of pyridine rings is 1. The quantitative estimate of drug-likeness (QED) is 0.602. The number of rotatable bonds is 5. The molecule has 0 unspecified atom stereocenters. The molecule has 112 valence electrons. The molecule has 5 nitrogen and oxygen atoms in total. The second-order valence-corrected chi connectivity index (χ2v) is 4.69. The van der Waals surface area contributed by atoms with Crippen LogP contribution in [0.25, 0.3) is 0 Å². The minimum Gasteiger partial charge on any atom is -0.466 e. The second kappa shape index (κ2) is 7.07. The molecule has 1 aromatic heterocycles. The summed E-state index contributed by atoms with van der Waals surface area (Å²) >= 11 is 1.64. The van der Waals surface area contributed by atoms with Gasteiger partial charge < -0.3 is 15.2 Å². The molecule has 0 bridgehead atoms. The fourth-order valence-electron chi connectivity index (χ4n) is 1.45. The van der Waals surface area contributed by atoms with Gasteiger partial charge in [0, 0.05) is 12.7 Å². The average Bonchev–Trinajstić information content (AvgIpc) is 2.33. The lowest BCUT2D eigenvalue weighted by Gasteiger charge is -2.14. The van der Waals surface area contributed by atoms with Gasteiger partial charge in [0.2, 0.25) is 5.88 Å². The molecule has 1 rings (SSSR count). The molecule has 0 saturated carbocycles. The number of carbonyl (C=O) groups is 1. The maximum absolute atomic E-state index is 12.2. The van der Waals surface area contributed by atoms with Crippen molar-refractivity contribution in [3.05, 3.63) is 20.9 Å². The van der Waals surface area contributed by atoms with Gasteiger partial charge in [-0.3, -0.25) is 4.79 Å². The van der Waals surface area contributed by atoms with E-state index in [2.05, 4.69) is 9.72 Å². The van der Waals surface area contributed by atoms with Crippen LogP contribution < -0.4 is 10.5 Å². The van der Waals surface area contributed by atoms with Crippen molar-refractivity contribution in [3.8, 4) is 5.88 Å². The Morgan fingerprint density at radius 1 is 1.50 bits per heavy atom. The van der Waals surface area contributed by atoms with E-state index in [1.807, 2.05) is 0 Å². The largest absolute Gasteiger partial charge is 0.574 e. The summed E-state index contributed by atoms with van der Waals surface area (Å²) in [6.07, 6.45) is -3.87. The molecule has 0 aromatic carbocycles. The van der Waals surface area contributed by atoms with Crippen LogP contribution in [0.2, 0.25) is 0 Å². The van der Waals surface area contributed by atoms with Gasteiger partial charge in [-0.2, -0.15) is 0 Å². The van der Waals surface area contributed by atoms with Crippen molar-refractivity contribution in [3.63, 3.8) is 0 Å². The standard InChI is InChI=1S/C11H12F3IN2O3/c1-2-19-8(18)3-7-6(4-16)5-17-10(9(7)15)20-11(12,13)14/h5H,2-4,16H2,1H3. The van der Waals surface area contributed by atoms with E-state index >= 15 is 0 Å². The number of alkyl halides is 3. The van der Waals surface area contributed by atoms with Gasteiger partial charge in [0.15, 0.2) is 0 Å². The smallest absolute Gasteiger partial charge is 0.466 e. The highest BCUT2D eigenvalue weighted by Crippen LogP contribution is 2.29. The Morgan fingerprint density at radius 3 is 2.65 bits per heavy atom. The van der Waals surface area contributed by atoms with Gasteiger partial charge in [0.25, 0.3) is 0 Å². The van der Waals surface area contributed by atoms with Crippen LogP contribution in [0.4, 0.5) is 13.2 Å². The number of nitrogens with two attached hydrogens (primary N) is 1. The van der Waals surface area contributed by atoms with Crippen molar-refractivity contribution < 1.29 is 27.4 Å². The van der Waals surface area contributed by atoms with Crippen molar-refractivity contribution in [1.29, 1.82) is 0 Å². The third-order valence-corrected chi connectivity index (χ3v) is 3.35. The first-order chi connectivity index (χ1) is 9.28. The minimum atomic E-state index is -4.85. The summed E-state index contributed by atoms with van der Waals surface area (Å²) in [5, 5.41) is 0. The number of aromatic nitrogens is 1. The Balaban J connectivity index is 3.12. The molecule has 0 spiro atoms. The van der Waals surface area contributed by atoms with E-state index in [0.717, 1.165) is 6.20 Å². The summed E-state index contributed by atoms with van der Waals surface area (Å²) < 4.78 is 45.4. The molecule has 0 amide bonds. The molecule has 1 aromatic rings. The summed E-state index contributed by atoms with van der Waals surface area (Å²) in [7, 11) is 0. The van der Waals surface area contributed by atoms with Gasteiger partial charge >= 0.3 is 12.3 Å². The highest BCUT2D eigenvalue weighted by molar-refractivity contribution is 14.1. The number of hydrogen-bond acceptors (Lipinski definition) is 5. The fraction of sp³-hybridized carbons (Fsp3) is 0.455. The summed E-state index contributed by atoms with van der Waals surface area (Å²) in [5.74, 6) is -1.15. The Morgan fingerprint density at radius 2 is 2.15 bits per heavy atom. The lowest BCUT2D eigenvalue weighted by atomic mass is 10.1. The van der Waals surface area contributed by atoms with Crippen LogP contribution in [-0.2, 0) is 22.5 Å². The van der Waals surface area contributed by atoms with Gasteiger partial charge in [-0.05, 0) is 40.6 Å². The summed E-state index contributed by atoms with van der Waals surface area (Å²) in [5.41, 5.74) is 6.29. The van der Waals surface area contributed by atoms with E-state index in [4.69, 9.17) is 10.5 Å². The molecule has 0 aliphatic carbocycles. The minimum absolute atomic E-state index is 0.0457. The number of esters is 1. The van der Waals surface area contributed by atoms with Crippen LogP contribution in [0.5, 0.6) is 5.88 Å². The normalized spacial score (nSPS) is 11.3. The summed E-state index contributed by atoms with van der Waals surface area (Å²) in [6.45, 7) is 1.87. The number of ether oxygens (including phenoxy) is 2. The van der Waals surface area contributed by atoms with Crippen molar-refractivity contribution >= 4 is 28.6 Å². The maximum Gasteiger partial charge on any atom is 0.574 e. The van der Waals surface area contributed by atoms with Crippen LogP contribution in [0.1, 0.15) is 18.1 Å². The Bertz CT molecular complexity index is 495. The predicted octanol–water partition coefficient (Wildman–Crippen LogP) is 2.15. The monoisotopic (exact) mass is 404 g/mol. The van der Waals surface area contributed by atoms with E-state index < -0.39 is 18.2 Å². The summed E-state index contributed by atoms with van der Waals surface area (Å²) in [6, 6.07) is 0. The van der Waals surface area contributed by atoms with E-state index in [0.29, 0.717) is 11.1 Å².